The number of hydrogen-bond donors (Lipinski definition) is 2. The van der Waals surface area contributed by atoms with Gasteiger partial charge in [-0.3, -0.25) is 9.59 Å². The van der Waals surface area contributed by atoms with Crippen LogP contribution < -0.4 is 15.8 Å². The second-order valence-electron chi connectivity index (χ2n) is 5.79. The molecule has 0 fully saturated rings. The summed E-state index contributed by atoms with van der Waals surface area (Å²) in [6, 6.07) is 7.12. The molecule has 8 nitrogen and oxygen atoms in total. The van der Waals surface area contributed by atoms with E-state index in [1.54, 1.807) is 31.2 Å². The van der Waals surface area contributed by atoms with Gasteiger partial charge in [0, 0.05) is 12.7 Å². The summed E-state index contributed by atoms with van der Waals surface area (Å²) in [6.45, 7) is 1.86. The highest BCUT2D eigenvalue weighted by Crippen LogP contribution is 2.33. The molecule has 0 saturated heterocycles. The van der Waals surface area contributed by atoms with Crippen molar-refractivity contribution in [1.29, 1.82) is 0 Å². The number of primary amides is 1. The highest BCUT2D eigenvalue weighted by atomic mass is 32.1. The van der Waals surface area contributed by atoms with Crippen LogP contribution in [0.2, 0.25) is 0 Å². The van der Waals surface area contributed by atoms with E-state index in [1.807, 2.05) is 0 Å². The molecule has 3 N–H and O–H groups in total. The minimum atomic E-state index is -0.682. The van der Waals surface area contributed by atoms with Crippen LogP contribution in [0.25, 0.3) is 0 Å². The number of methoxy groups -OCH3 is 2. The standard InChI is InChI=1S/C19H22N2O6S/c1-11-15(19(24)27-9-8-25-2)18(28-16(11)17(20)23)21-14(22)10-12-6-4-5-7-13(12)26-3/h4-7H,8-10H2,1-3H3,(H2,20,23)(H,21,22). The average Bonchev–Trinajstić information content (AvgIpc) is 2.98. The Kier molecular flexibility index (Phi) is 7.53. The summed E-state index contributed by atoms with van der Waals surface area (Å²) in [5, 5.41) is 2.90. The molecular weight excluding hydrogens is 384 g/mol. The van der Waals surface area contributed by atoms with Crippen LogP contribution in [0.3, 0.4) is 0 Å². The van der Waals surface area contributed by atoms with Gasteiger partial charge in [0.05, 0.1) is 30.6 Å². The van der Waals surface area contributed by atoms with Crippen molar-refractivity contribution in [3.8, 4) is 5.75 Å². The summed E-state index contributed by atoms with van der Waals surface area (Å²) < 4.78 is 15.2. The first-order valence-corrected chi connectivity index (χ1v) is 9.21. The van der Waals surface area contributed by atoms with Crippen LogP contribution in [0.15, 0.2) is 24.3 Å². The summed E-state index contributed by atoms with van der Waals surface area (Å²) in [5.74, 6) is -1.13. The SMILES string of the molecule is COCCOC(=O)c1c(NC(=O)Cc2ccccc2OC)sc(C(N)=O)c1C. The fourth-order valence-electron chi connectivity index (χ4n) is 2.57. The minimum Gasteiger partial charge on any atom is -0.496 e. The fourth-order valence-corrected chi connectivity index (χ4v) is 3.63. The number of ether oxygens (including phenoxy) is 3. The van der Waals surface area contributed by atoms with Gasteiger partial charge in [0.1, 0.15) is 17.4 Å². The lowest BCUT2D eigenvalue weighted by Crippen LogP contribution is -2.17. The molecule has 2 amide bonds. The Hall–Kier alpha value is -2.91. The molecule has 0 spiro atoms. The Morgan fingerprint density at radius 3 is 2.50 bits per heavy atom. The Bertz CT molecular complexity index is 877. The molecule has 0 saturated carbocycles. The van der Waals surface area contributed by atoms with E-state index in [-0.39, 0.29) is 41.0 Å². The van der Waals surface area contributed by atoms with Gasteiger partial charge in [0.15, 0.2) is 0 Å². The molecule has 28 heavy (non-hydrogen) atoms. The maximum absolute atomic E-state index is 12.5. The maximum Gasteiger partial charge on any atom is 0.341 e. The van der Waals surface area contributed by atoms with Crippen molar-refractivity contribution in [2.45, 2.75) is 13.3 Å². The number of nitrogens with one attached hydrogen (secondary N) is 1. The number of hydrogen-bond acceptors (Lipinski definition) is 7. The highest BCUT2D eigenvalue weighted by molar-refractivity contribution is 7.18. The lowest BCUT2D eigenvalue weighted by Gasteiger charge is -2.10. The number of carbonyl (C=O) groups excluding carboxylic acids is 3. The number of amides is 2. The Labute approximate surface area is 166 Å². The average molecular weight is 406 g/mol. The van der Waals surface area contributed by atoms with Gasteiger partial charge in [-0.25, -0.2) is 4.79 Å². The molecule has 1 heterocycles. The first-order valence-electron chi connectivity index (χ1n) is 8.40. The Morgan fingerprint density at radius 1 is 1.14 bits per heavy atom. The topological polar surface area (TPSA) is 117 Å². The van der Waals surface area contributed by atoms with Crippen LogP contribution >= 0.6 is 11.3 Å². The zero-order chi connectivity index (χ0) is 20.7. The van der Waals surface area contributed by atoms with Crippen molar-refractivity contribution in [3.63, 3.8) is 0 Å². The third-order valence-electron chi connectivity index (χ3n) is 3.89. The molecule has 0 bridgehead atoms. The van der Waals surface area contributed by atoms with Crippen LogP contribution in [0.5, 0.6) is 5.75 Å². The van der Waals surface area contributed by atoms with Gasteiger partial charge in [-0.2, -0.15) is 0 Å². The second kappa shape index (κ2) is 9.86. The van der Waals surface area contributed by atoms with E-state index in [9.17, 15) is 14.4 Å². The van der Waals surface area contributed by atoms with Gasteiger partial charge in [0.2, 0.25) is 5.91 Å². The van der Waals surface area contributed by atoms with Crippen molar-refractivity contribution < 1.29 is 28.6 Å². The summed E-state index contributed by atoms with van der Waals surface area (Å²) in [5.41, 5.74) is 6.55. The van der Waals surface area contributed by atoms with Crippen molar-refractivity contribution in [3.05, 3.63) is 45.8 Å². The number of esters is 1. The summed E-state index contributed by atoms with van der Waals surface area (Å²) in [6.07, 6.45) is 0.0328. The first-order chi connectivity index (χ1) is 13.4. The van der Waals surface area contributed by atoms with Crippen LogP contribution in [-0.4, -0.2) is 45.2 Å². The molecular formula is C19H22N2O6S. The van der Waals surface area contributed by atoms with Gasteiger partial charge in [-0.1, -0.05) is 18.2 Å². The number of thiophene rings is 1. The monoisotopic (exact) mass is 406 g/mol. The predicted molar refractivity (Wildman–Crippen MR) is 105 cm³/mol. The van der Waals surface area contributed by atoms with Gasteiger partial charge in [-0.15, -0.1) is 11.3 Å². The second-order valence-corrected chi connectivity index (χ2v) is 6.81. The number of carbonyl (C=O) groups is 3. The van der Waals surface area contributed by atoms with E-state index in [4.69, 9.17) is 19.9 Å². The Balaban J connectivity index is 2.25. The van der Waals surface area contributed by atoms with Crippen molar-refractivity contribution in [2.75, 3.05) is 32.8 Å². The summed E-state index contributed by atoms with van der Waals surface area (Å²) >= 11 is 0.941. The van der Waals surface area contributed by atoms with Crippen LogP contribution in [-0.2, 0) is 20.7 Å². The van der Waals surface area contributed by atoms with Crippen molar-refractivity contribution >= 4 is 34.1 Å². The Morgan fingerprint density at radius 2 is 1.86 bits per heavy atom. The van der Waals surface area contributed by atoms with Gasteiger partial charge in [0.25, 0.3) is 5.91 Å². The molecule has 9 heteroatoms. The number of para-hydroxylation sites is 1. The number of anilines is 1. The molecule has 0 radical (unpaired) electrons. The molecule has 0 aliphatic rings. The van der Waals surface area contributed by atoms with E-state index in [0.29, 0.717) is 16.9 Å². The summed E-state index contributed by atoms with van der Waals surface area (Å²) in [4.78, 5) is 36.8. The molecule has 2 aromatic rings. The van der Waals surface area contributed by atoms with Crippen LogP contribution in [0, 0.1) is 6.92 Å². The fraction of sp³-hybridized carbons (Fsp3) is 0.316. The number of nitrogens with two attached hydrogens (primary N) is 1. The lowest BCUT2D eigenvalue weighted by molar-refractivity contribution is -0.115. The quantitative estimate of drug-likeness (QED) is 0.487. The largest absolute Gasteiger partial charge is 0.496 e. The predicted octanol–water partition coefficient (Wildman–Crippen LogP) is 2.15. The van der Waals surface area contributed by atoms with E-state index in [2.05, 4.69) is 5.32 Å². The number of rotatable bonds is 9. The molecule has 0 aliphatic carbocycles. The normalized spacial score (nSPS) is 10.4. The zero-order valence-electron chi connectivity index (χ0n) is 15.9. The minimum absolute atomic E-state index is 0.0328. The molecule has 150 valence electrons. The highest BCUT2D eigenvalue weighted by Gasteiger charge is 2.26. The van der Waals surface area contributed by atoms with Crippen LogP contribution in [0.1, 0.15) is 31.2 Å². The molecule has 2 rings (SSSR count). The third-order valence-corrected chi connectivity index (χ3v) is 5.11. The molecule has 0 atom stereocenters. The van der Waals surface area contributed by atoms with E-state index in [1.165, 1.54) is 14.2 Å². The smallest absolute Gasteiger partial charge is 0.341 e. The van der Waals surface area contributed by atoms with E-state index >= 15 is 0 Å². The lowest BCUT2D eigenvalue weighted by atomic mass is 10.1. The van der Waals surface area contributed by atoms with Crippen molar-refractivity contribution in [2.24, 2.45) is 5.73 Å². The zero-order valence-corrected chi connectivity index (χ0v) is 16.7. The van der Waals surface area contributed by atoms with Gasteiger partial charge < -0.3 is 25.3 Å². The van der Waals surface area contributed by atoms with Gasteiger partial charge >= 0.3 is 5.97 Å². The third kappa shape index (κ3) is 5.08. The molecule has 0 unspecified atom stereocenters. The molecule has 0 aliphatic heterocycles. The molecule has 1 aromatic carbocycles. The van der Waals surface area contributed by atoms with Gasteiger partial charge in [-0.05, 0) is 18.6 Å². The number of benzene rings is 1. The summed E-state index contributed by atoms with van der Waals surface area (Å²) in [7, 11) is 3.00. The first kappa shape index (κ1) is 21.4. The molecule has 1 aromatic heterocycles. The van der Waals surface area contributed by atoms with Crippen molar-refractivity contribution in [1.82, 2.24) is 0 Å². The maximum atomic E-state index is 12.5. The van der Waals surface area contributed by atoms with Crippen LogP contribution in [0.4, 0.5) is 5.00 Å². The van der Waals surface area contributed by atoms with E-state index < -0.39 is 11.9 Å². The van der Waals surface area contributed by atoms with E-state index in [0.717, 1.165) is 11.3 Å².